The van der Waals surface area contributed by atoms with Crippen molar-refractivity contribution in [3.8, 4) is 0 Å². The maximum atomic E-state index is 10.7. The van der Waals surface area contributed by atoms with Crippen LogP contribution in [0.4, 0.5) is 5.69 Å². The van der Waals surface area contributed by atoms with Crippen molar-refractivity contribution in [3.05, 3.63) is 65.7 Å². The number of piperazine rings is 1. The van der Waals surface area contributed by atoms with Crippen LogP contribution in [0.1, 0.15) is 28.9 Å². The molecule has 1 fully saturated rings. The van der Waals surface area contributed by atoms with Gasteiger partial charge in [-0.1, -0.05) is 30.3 Å². The van der Waals surface area contributed by atoms with Crippen molar-refractivity contribution >= 4 is 12.0 Å². The van der Waals surface area contributed by atoms with Crippen LogP contribution in [0.15, 0.2) is 54.6 Å². The fraction of sp³-hybridized carbons (Fsp3) is 0.316. The Labute approximate surface area is 132 Å². The van der Waals surface area contributed by atoms with Gasteiger partial charge in [0.25, 0.3) is 0 Å². The van der Waals surface area contributed by atoms with Gasteiger partial charge >= 0.3 is 0 Å². The Kier molecular flexibility index (Phi) is 4.54. The third-order valence-corrected chi connectivity index (χ3v) is 4.54. The third-order valence-electron chi connectivity index (χ3n) is 4.54. The zero-order valence-corrected chi connectivity index (χ0v) is 13.0. The summed E-state index contributed by atoms with van der Waals surface area (Å²) in [5.41, 5.74) is 3.32. The molecule has 0 radical (unpaired) electrons. The summed E-state index contributed by atoms with van der Waals surface area (Å²) in [4.78, 5) is 15.7. The summed E-state index contributed by atoms with van der Waals surface area (Å²) in [6.07, 6.45) is 0.892. The van der Waals surface area contributed by atoms with Crippen LogP contribution in [-0.4, -0.2) is 37.4 Å². The van der Waals surface area contributed by atoms with E-state index in [0.717, 1.165) is 38.0 Å². The lowest BCUT2D eigenvalue weighted by Crippen LogP contribution is -2.47. The first-order valence-electron chi connectivity index (χ1n) is 7.87. The van der Waals surface area contributed by atoms with Gasteiger partial charge < -0.3 is 4.90 Å². The predicted molar refractivity (Wildman–Crippen MR) is 90.5 cm³/mol. The van der Waals surface area contributed by atoms with Gasteiger partial charge in [0.05, 0.1) is 0 Å². The van der Waals surface area contributed by atoms with Gasteiger partial charge in [0, 0.05) is 43.5 Å². The van der Waals surface area contributed by atoms with Gasteiger partial charge in [0.1, 0.15) is 6.29 Å². The second-order valence-electron chi connectivity index (χ2n) is 5.82. The Morgan fingerprint density at radius 1 is 0.909 bits per heavy atom. The summed E-state index contributed by atoms with van der Waals surface area (Å²) in [6, 6.07) is 19.0. The highest BCUT2D eigenvalue weighted by Crippen LogP contribution is 2.23. The molecule has 22 heavy (non-hydrogen) atoms. The van der Waals surface area contributed by atoms with E-state index in [1.807, 2.05) is 24.3 Å². The molecular weight excluding hydrogens is 272 g/mol. The predicted octanol–water partition coefficient (Wildman–Crippen LogP) is 3.38. The molecule has 1 unspecified atom stereocenters. The van der Waals surface area contributed by atoms with Crippen LogP contribution in [0.5, 0.6) is 0 Å². The van der Waals surface area contributed by atoms with Crippen LogP contribution >= 0.6 is 0 Å². The molecule has 0 saturated carbocycles. The number of carbonyl (C=O) groups excluding carboxylic acids is 1. The second kappa shape index (κ2) is 6.75. The van der Waals surface area contributed by atoms with Gasteiger partial charge in [0.2, 0.25) is 0 Å². The molecule has 114 valence electrons. The molecule has 0 amide bonds. The van der Waals surface area contributed by atoms with Gasteiger partial charge in [0.15, 0.2) is 0 Å². The summed E-state index contributed by atoms with van der Waals surface area (Å²) in [7, 11) is 0. The molecule has 1 heterocycles. The quantitative estimate of drug-likeness (QED) is 0.808. The SMILES string of the molecule is CC(c1ccccc1)N1CCN(c2ccc(C=O)cc2)CC1. The second-order valence-corrected chi connectivity index (χ2v) is 5.82. The maximum absolute atomic E-state index is 10.7. The van der Waals surface area contributed by atoms with Crippen LogP contribution in [0.3, 0.4) is 0 Å². The van der Waals surface area contributed by atoms with E-state index >= 15 is 0 Å². The van der Waals surface area contributed by atoms with Gasteiger partial charge in [-0.15, -0.1) is 0 Å². The van der Waals surface area contributed by atoms with Gasteiger partial charge in [-0.2, -0.15) is 0 Å². The van der Waals surface area contributed by atoms with E-state index in [2.05, 4.69) is 47.1 Å². The number of hydrogen-bond donors (Lipinski definition) is 0. The van der Waals surface area contributed by atoms with Crippen LogP contribution in [-0.2, 0) is 0 Å². The molecular formula is C19H22N2O. The largest absolute Gasteiger partial charge is 0.369 e. The van der Waals surface area contributed by atoms with Crippen LogP contribution in [0, 0.1) is 0 Å². The average Bonchev–Trinajstić information content (AvgIpc) is 2.62. The summed E-state index contributed by atoms with van der Waals surface area (Å²) in [5.74, 6) is 0. The molecule has 3 rings (SSSR count). The first-order chi connectivity index (χ1) is 10.8. The van der Waals surface area contributed by atoms with E-state index in [0.29, 0.717) is 6.04 Å². The fourth-order valence-corrected chi connectivity index (χ4v) is 3.07. The van der Waals surface area contributed by atoms with Crippen molar-refractivity contribution < 1.29 is 4.79 Å². The Morgan fingerprint density at radius 3 is 2.14 bits per heavy atom. The van der Waals surface area contributed by atoms with E-state index in [1.165, 1.54) is 11.3 Å². The Bertz CT molecular complexity index is 601. The van der Waals surface area contributed by atoms with Crippen molar-refractivity contribution in [1.29, 1.82) is 0 Å². The molecule has 3 nitrogen and oxygen atoms in total. The molecule has 0 N–H and O–H groups in total. The lowest BCUT2D eigenvalue weighted by molar-refractivity contribution is 0.112. The number of carbonyl (C=O) groups is 1. The van der Waals surface area contributed by atoms with Crippen molar-refractivity contribution in [1.82, 2.24) is 4.90 Å². The van der Waals surface area contributed by atoms with Crippen LogP contribution in [0.2, 0.25) is 0 Å². The summed E-state index contributed by atoms with van der Waals surface area (Å²) in [5, 5.41) is 0. The number of anilines is 1. The number of aldehydes is 1. The molecule has 3 heteroatoms. The highest BCUT2D eigenvalue weighted by Gasteiger charge is 2.21. The monoisotopic (exact) mass is 294 g/mol. The Hall–Kier alpha value is -2.13. The molecule has 0 spiro atoms. The maximum Gasteiger partial charge on any atom is 0.150 e. The number of nitrogens with zero attached hydrogens (tertiary/aromatic N) is 2. The highest BCUT2D eigenvalue weighted by molar-refractivity contribution is 5.75. The molecule has 1 atom stereocenters. The molecule has 2 aromatic rings. The third kappa shape index (κ3) is 3.20. The minimum Gasteiger partial charge on any atom is -0.369 e. The minimum atomic E-state index is 0.459. The number of hydrogen-bond acceptors (Lipinski definition) is 3. The lowest BCUT2D eigenvalue weighted by atomic mass is 10.1. The molecule has 0 aromatic heterocycles. The molecule has 1 saturated heterocycles. The first-order valence-corrected chi connectivity index (χ1v) is 7.87. The van der Waals surface area contributed by atoms with Crippen molar-refractivity contribution in [2.24, 2.45) is 0 Å². The standard InChI is InChI=1S/C19H22N2O/c1-16(18-5-3-2-4-6-18)20-11-13-21(14-12-20)19-9-7-17(15-22)8-10-19/h2-10,15-16H,11-14H2,1H3. The summed E-state index contributed by atoms with van der Waals surface area (Å²) >= 11 is 0. The molecule has 0 aliphatic carbocycles. The number of benzene rings is 2. The van der Waals surface area contributed by atoms with E-state index < -0.39 is 0 Å². The van der Waals surface area contributed by atoms with E-state index in [9.17, 15) is 4.79 Å². The molecule has 2 aromatic carbocycles. The average molecular weight is 294 g/mol. The van der Waals surface area contributed by atoms with Gasteiger partial charge in [-0.05, 0) is 36.8 Å². The summed E-state index contributed by atoms with van der Waals surface area (Å²) < 4.78 is 0. The fourth-order valence-electron chi connectivity index (χ4n) is 3.07. The van der Waals surface area contributed by atoms with Crippen molar-refractivity contribution in [2.75, 3.05) is 31.1 Å². The smallest absolute Gasteiger partial charge is 0.150 e. The lowest BCUT2D eigenvalue weighted by Gasteiger charge is -2.39. The zero-order valence-electron chi connectivity index (χ0n) is 13.0. The highest BCUT2D eigenvalue weighted by atomic mass is 16.1. The van der Waals surface area contributed by atoms with Crippen LogP contribution < -0.4 is 4.90 Å². The normalized spacial score (nSPS) is 17.2. The van der Waals surface area contributed by atoms with Gasteiger partial charge in [-0.25, -0.2) is 0 Å². The topological polar surface area (TPSA) is 23.6 Å². The molecule has 0 bridgehead atoms. The Morgan fingerprint density at radius 2 is 1.55 bits per heavy atom. The van der Waals surface area contributed by atoms with E-state index in [1.54, 1.807) is 0 Å². The van der Waals surface area contributed by atoms with Gasteiger partial charge in [-0.3, -0.25) is 9.69 Å². The van der Waals surface area contributed by atoms with Crippen molar-refractivity contribution in [3.63, 3.8) is 0 Å². The molecule has 1 aliphatic heterocycles. The van der Waals surface area contributed by atoms with Crippen molar-refractivity contribution in [2.45, 2.75) is 13.0 Å². The number of rotatable bonds is 4. The van der Waals surface area contributed by atoms with E-state index in [-0.39, 0.29) is 0 Å². The first kappa shape index (κ1) is 14.8. The summed E-state index contributed by atoms with van der Waals surface area (Å²) in [6.45, 7) is 6.45. The minimum absolute atomic E-state index is 0.459. The Balaban J connectivity index is 1.61. The van der Waals surface area contributed by atoms with E-state index in [4.69, 9.17) is 0 Å². The zero-order chi connectivity index (χ0) is 15.4. The molecule has 1 aliphatic rings. The van der Waals surface area contributed by atoms with Crippen LogP contribution in [0.25, 0.3) is 0 Å².